The van der Waals surface area contributed by atoms with Gasteiger partial charge in [-0.2, -0.15) is 0 Å². The number of nitrogens with zero attached hydrogens (tertiary/aromatic N) is 2. The van der Waals surface area contributed by atoms with E-state index in [1.807, 2.05) is 0 Å². The van der Waals surface area contributed by atoms with Gasteiger partial charge in [-0.3, -0.25) is 24.6 Å². The molecule has 0 aromatic heterocycles. The average molecular weight is 435 g/mol. The second kappa shape index (κ2) is 7.30. The quantitative estimate of drug-likeness (QED) is 0.437. The van der Waals surface area contributed by atoms with Crippen molar-refractivity contribution in [3.8, 4) is 5.75 Å². The molecule has 1 aliphatic rings. The smallest absolute Gasteiger partial charge is 0.293 e. The number of hydrogen-bond donors (Lipinski definition) is 1. The molecule has 0 aliphatic carbocycles. The molecule has 132 valence electrons. The summed E-state index contributed by atoms with van der Waals surface area (Å²) >= 11 is 4.00. The Kier molecular flexibility index (Phi) is 5.10. The number of aromatic hydroxyl groups is 1. The first-order valence-corrected chi connectivity index (χ1v) is 8.93. The normalized spacial score (nSPS) is 15.7. The number of benzene rings is 2. The van der Waals surface area contributed by atoms with E-state index in [0.29, 0.717) is 15.6 Å². The lowest BCUT2D eigenvalue weighted by atomic mass is 10.2. The van der Waals surface area contributed by atoms with Gasteiger partial charge in [0, 0.05) is 12.1 Å². The molecule has 0 bridgehead atoms. The molecule has 0 unspecified atom stereocenters. The number of phenolic OH excluding ortho intramolecular Hbond substituents is 1. The van der Waals surface area contributed by atoms with Gasteiger partial charge in [0.15, 0.2) is 0 Å². The molecular formula is C17H11BrN2O5S. The van der Waals surface area contributed by atoms with Gasteiger partial charge in [0.05, 0.1) is 20.8 Å². The highest BCUT2D eigenvalue weighted by atomic mass is 79.9. The third kappa shape index (κ3) is 3.78. The van der Waals surface area contributed by atoms with Crippen LogP contribution in [0, 0.1) is 10.1 Å². The fourth-order valence-corrected chi connectivity index (χ4v) is 3.59. The number of halogens is 1. The first-order chi connectivity index (χ1) is 12.3. The SMILES string of the molecule is O=C1S/C(=C\c2ccc(O)c(Br)c2)C(=O)N1Cc1cccc([N+](=O)[O-])c1. The van der Waals surface area contributed by atoms with Gasteiger partial charge in [-0.25, -0.2) is 0 Å². The lowest BCUT2D eigenvalue weighted by molar-refractivity contribution is -0.384. The summed E-state index contributed by atoms with van der Waals surface area (Å²) in [6.07, 6.45) is 1.56. The molecule has 2 aromatic carbocycles. The van der Waals surface area contributed by atoms with Crippen molar-refractivity contribution in [2.45, 2.75) is 6.54 Å². The minimum atomic E-state index is -0.528. The van der Waals surface area contributed by atoms with Gasteiger partial charge >= 0.3 is 0 Å². The van der Waals surface area contributed by atoms with Gasteiger partial charge in [0.1, 0.15) is 5.75 Å². The van der Waals surface area contributed by atoms with Crippen molar-refractivity contribution in [2.24, 2.45) is 0 Å². The fourth-order valence-electron chi connectivity index (χ4n) is 2.35. The summed E-state index contributed by atoms with van der Waals surface area (Å²) < 4.78 is 0.474. The van der Waals surface area contributed by atoms with E-state index in [9.17, 15) is 24.8 Å². The summed E-state index contributed by atoms with van der Waals surface area (Å²) in [4.78, 5) is 36.3. The molecule has 0 spiro atoms. The van der Waals surface area contributed by atoms with E-state index >= 15 is 0 Å². The molecule has 1 saturated heterocycles. The van der Waals surface area contributed by atoms with Crippen molar-refractivity contribution in [2.75, 3.05) is 0 Å². The Balaban J connectivity index is 1.82. The number of imide groups is 1. The molecule has 2 aromatic rings. The fraction of sp³-hybridized carbons (Fsp3) is 0.0588. The molecule has 7 nitrogen and oxygen atoms in total. The third-order valence-corrected chi connectivity index (χ3v) is 5.15. The van der Waals surface area contributed by atoms with Gasteiger partial charge in [-0.1, -0.05) is 18.2 Å². The van der Waals surface area contributed by atoms with Crippen LogP contribution >= 0.6 is 27.7 Å². The Hall–Kier alpha value is -2.65. The number of carbonyl (C=O) groups is 2. The van der Waals surface area contributed by atoms with Crippen molar-refractivity contribution >= 4 is 50.6 Å². The zero-order valence-electron chi connectivity index (χ0n) is 13.1. The first-order valence-electron chi connectivity index (χ1n) is 7.32. The van der Waals surface area contributed by atoms with Crippen LogP contribution in [0.15, 0.2) is 51.8 Å². The van der Waals surface area contributed by atoms with Crippen LogP contribution in [0.5, 0.6) is 5.75 Å². The largest absolute Gasteiger partial charge is 0.507 e. The highest BCUT2D eigenvalue weighted by Gasteiger charge is 2.35. The van der Waals surface area contributed by atoms with E-state index in [1.54, 1.807) is 24.3 Å². The van der Waals surface area contributed by atoms with E-state index in [-0.39, 0.29) is 22.9 Å². The maximum Gasteiger partial charge on any atom is 0.293 e. The molecule has 0 saturated carbocycles. The van der Waals surface area contributed by atoms with E-state index in [1.165, 1.54) is 24.3 Å². The number of carbonyl (C=O) groups excluding carboxylic acids is 2. The zero-order valence-corrected chi connectivity index (χ0v) is 15.5. The molecule has 0 radical (unpaired) electrons. The van der Waals surface area contributed by atoms with Crippen LogP contribution in [0.3, 0.4) is 0 Å². The summed E-state index contributed by atoms with van der Waals surface area (Å²) in [7, 11) is 0. The summed E-state index contributed by atoms with van der Waals surface area (Å²) in [5, 5.41) is 19.9. The van der Waals surface area contributed by atoms with Gasteiger partial charge < -0.3 is 5.11 Å². The monoisotopic (exact) mass is 434 g/mol. The minimum absolute atomic E-state index is 0.0387. The molecule has 26 heavy (non-hydrogen) atoms. The molecule has 0 atom stereocenters. The predicted octanol–water partition coefficient (Wildman–Crippen LogP) is 4.30. The highest BCUT2D eigenvalue weighted by Crippen LogP contribution is 2.34. The van der Waals surface area contributed by atoms with Crippen molar-refractivity contribution in [3.05, 3.63) is 73.1 Å². The average Bonchev–Trinajstić information content (AvgIpc) is 2.86. The molecule has 9 heteroatoms. The van der Waals surface area contributed by atoms with Gasteiger partial charge in [-0.05, 0) is 57.0 Å². The lowest BCUT2D eigenvalue weighted by Crippen LogP contribution is -2.27. The number of thioether (sulfide) groups is 1. The summed E-state index contributed by atoms with van der Waals surface area (Å²) in [6, 6.07) is 10.5. The number of hydrogen-bond acceptors (Lipinski definition) is 6. The first kappa shape index (κ1) is 18.2. The molecule has 1 heterocycles. The Morgan fingerprint density at radius 3 is 2.69 bits per heavy atom. The Bertz CT molecular complexity index is 960. The lowest BCUT2D eigenvalue weighted by Gasteiger charge is -2.12. The van der Waals surface area contributed by atoms with E-state index < -0.39 is 16.1 Å². The molecule has 3 rings (SSSR count). The van der Waals surface area contributed by atoms with Crippen molar-refractivity contribution in [1.29, 1.82) is 0 Å². The van der Waals surface area contributed by atoms with Crippen LogP contribution in [0.25, 0.3) is 6.08 Å². The highest BCUT2D eigenvalue weighted by molar-refractivity contribution is 9.10. The van der Waals surface area contributed by atoms with Crippen molar-refractivity contribution in [1.82, 2.24) is 4.90 Å². The van der Waals surface area contributed by atoms with Gasteiger partial charge in [-0.15, -0.1) is 0 Å². The number of nitro benzene ring substituents is 1. The van der Waals surface area contributed by atoms with Crippen LogP contribution in [0.2, 0.25) is 0 Å². The molecule has 2 amide bonds. The van der Waals surface area contributed by atoms with Crippen LogP contribution in [0.1, 0.15) is 11.1 Å². The summed E-state index contributed by atoms with van der Waals surface area (Å²) in [5.74, 6) is -0.392. The number of amides is 2. The maximum absolute atomic E-state index is 12.5. The van der Waals surface area contributed by atoms with Crippen molar-refractivity contribution in [3.63, 3.8) is 0 Å². The van der Waals surface area contributed by atoms with Crippen LogP contribution in [-0.4, -0.2) is 26.1 Å². The third-order valence-electron chi connectivity index (χ3n) is 3.61. The topological polar surface area (TPSA) is 101 Å². The molecular weight excluding hydrogens is 424 g/mol. The standard InChI is InChI=1S/C17H11BrN2O5S/c18-13-7-10(4-5-14(13)21)8-15-16(22)19(17(23)26-15)9-11-2-1-3-12(6-11)20(24)25/h1-8,21H,9H2/b15-8-. The van der Waals surface area contributed by atoms with E-state index in [2.05, 4.69) is 15.9 Å². The number of non-ortho nitro benzene ring substituents is 1. The number of nitro groups is 1. The second-order valence-corrected chi connectivity index (χ2v) is 7.25. The van der Waals surface area contributed by atoms with Crippen LogP contribution in [-0.2, 0) is 11.3 Å². The van der Waals surface area contributed by atoms with E-state index in [0.717, 1.165) is 16.7 Å². The predicted molar refractivity (Wildman–Crippen MR) is 100 cm³/mol. The second-order valence-electron chi connectivity index (χ2n) is 5.41. The Morgan fingerprint density at radius 2 is 2.00 bits per heavy atom. The molecule has 1 aliphatic heterocycles. The summed E-state index contributed by atoms with van der Waals surface area (Å²) in [6.45, 7) is -0.0387. The van der Waals surface area contributed by atoms with Gasteiger partial charge in [0.25, 0.3) is 16.8 Å². The Labute approximate surface area is 160 Å². The summed E-state index contributed by atoms with van der Waals surface area (Å²) in [5.41, 5.74) is 1.05. The number of rotatable bonds is 4. The minimum Gasteiger partial charge on any atom is -0.507 e. The van der Waals surface area contributed by atoms with Crippen molar-refractivity contribution < 1.29 is 19.6 Å². The van der Waals surface area contributed by atoms with Crippen LogP contribution < -0.4 is 0 Å². The Morgan fingerprint density at radius 1 is 1.23 bits per heavy atom. The number of phenols is 1. The van der Waals surface area contributed by atoms with Crippen LogP contribution in [0.4, 0.5) is 10.5 Å². The molecule has 1 fully saturated rings. The zero-order chi connectivity index (χ0) is 18.8. The maximum atomic E-state index is 12.5. The van der Waals surface area contributed by atoms with E-state index in [4.69, 9.17) is 0 Å². The van der Waals surface area contributed by atoms with Gasteiger partial charge in [0.2, 0.25) is 0 Å². The molecule has 1 N–H and O–H groups in total.